The van der Waals surface area contributed by atoms with Gasteiger partial charge in [-0.3, -0.25) is 14.4 Å². The highest BCUT2D eigenvalue weighted by Crippen LogP contribution is 2.19. The largest absolute Gasteiger partial charge is 0.462 e. The SMILES string of the molecule is CCC(C)CCCCCCCCCCCCCCCCCCCCC(=O)OC[C@@H](COC(=O)CCCCCCCCCCCC(C)C)OC(=O)CCCCCCCCCCC(C)C. The van der Waals surface area contributed by atoms with Crippen molar-refractivity contribution in [2.24, 2.45) is 17.8 Å². The van der Waals surface area contributed by atoms with Crippen LogP contribution in [0.3, 0.4) is 0 Å². The number of unbranched alkanes of at least 4 members (excludes halogenated alkanes) is 32. The Morgan fingerprint density at radius 1 is 0.317 bits per heavy atom. The first-order valence-electron chi connectivity index (χ1n) is 28.1. The van der Waals surface area contributed by atoms with Gasteiger partial charge in [-0.15, -0.1) is 0 Å². The summed E-state index contributed by atoms with van der Waals surface area (Å²) in [5, 5.41) is 0. The zero-order valence-electron chi connectivity index (χ0n) is 43.4. The molecule has 6 nitrogen and oxygen atoms in total. The van der Waals surface area contributed by atoms with Crippen molar-refractivity contribution in [3.05, 3.63) is 0 Å². The number of carbonyl (C=O) groups is 3. The van der Waals surface area contributed by atoms with E-state index in [1.807, 2.05) is 0 Å². The summed E-state index contributed by atoms with van der Waals surface area (Å²) in [6.45, 7) is 13.7. The topological polar surface area (TPSA) is 78.9 Å². The minimum atomic E-state index is -0.763. The van der Waals surface area contributed by atoms with Crippen LogP contribution in [0.5, 0.6) is 0 Å². The van der Waals surface area contributed by atoms with Crippen molar-refractivity contribution in [2.75, 3.05) is 13.2 Å². The van der Waals surface area contributed by atoms with E-state index in [2.05, 4.69) is 41.5 Å². The van der Waals surface area contributed by atoms with Gasteiger partial charge in [-0.25, -0.2) is 0 Å². The summed E-state index contributed by atoms with van der Waals surface area (Å²) in [4.78, 5) is 38.0. The molecule has 0 aromatic heterocycles. The lowest BCUT2D eigenvalue weighted by Gasteiger charge is -2.18. The standard InChI is InChI=1S/C57H110O6/c1-7-53(6)45-39-33-27-20-16-14-12-10-8-9-11-13-15-17-21-28-34-40-46-55(58)61-49-54(63-57(60)48-42-36-30-24-23-26-32-38-44-52(4)5)50-62-56(59)47-41-35-29-22-18-19-25-31-37-43-51(2)3/h51-54H,7-50H2,1-6H3/t53?,54-/m0/s1. The lowest BCUT2D eigenvalue weighted by atomic mass is 9.99. The van der Waals surface area contributed by atoms with Gasteiger partial charge < -0.3 is 14.2 Å². The summed E-state index contributed by atoms with van der Waals surface area (Å²) in [5.74, 6) is 1.66. The van der Waals surface area contributed by atoms with Gasteiger partial charge in [0.25, 0.3) is 0 Å². The smallest absolute Gasteiger partial charge is 0.306 e. The zero-order chi connectivity index (χ0) is 46.3. The van der Waals surface area contributed by atoms with Crippen molar-refractivity contribution in [3.63, 3.8) is 0 Å². The highest BCUT2D eigenvalue weighted by Gasteiger charge is 2.19. The molecule has 0 fully saturated rings. The minimum absolute atomic E-state index is 0.0646. The number of rotatable bonds is 50. The molecule has 0 saturated carbocycles. The molecule has 0 heterocycles. The van der Waals surface area contributed by atoms with Crippen molar-refractivity contribution in [2.45, 2.75) is 317 Å². The number of esters is 3. The summed E-state index contributed by atoms with van der Waals surface area (Å²) >= 11 is 0. The fraction of sp³-hybridized carbons (Fsp3) is 0.947. The molecule has 0 aromatic rings. The highest BCUT2D eigenvalue weighted by molar-refractivity contribution is 5.71. The van der Waals surface area contributed by atoms with E-state index in [0.717, 1.165) is 75.5 Å². The van der Waals surface area contributed by atoms with Gasteiger partial charge >= 0.3 is 17.9 Å². The number of hydrogen-bond acceptors (Lipinski definition) is 6. The van der Waals surface area contributed by atoms with E-state index in [4.69, 9.17) is 14.2 Å². The van der Waals surface area contributed by atoms with Crippen molar-refractivity contribution >= 4 is 17.9 Å². The number of hydrogen-bond donors (Lipinski definition) is 0. The van der Waals surface area contributed by atoms with E-state index >= 15 is 0 Å². The molecule has 2 atom stereocenters. The van der Waals surface area contributed by atoms with Gasteiger partial charge in [0.2, 0.25) is 0 Å². The van der Waals surface area contributed by atoms with Crippen molar-refractivity contribution in [3.8, 4) is 0 Å². The van der Waals surface area contributed by atoms with Crippen LogP contribution in [0.2, 0.25) is 0 Å². The normalized spacial score (nSPS) is 12.6. The maximum absolute atomic E-state index is 12.8. The Hall–Kier alpha value is -1.59. The Bertz CT molecular complexity index is 978. The first kappa shape index (κ1) is 61.4. The van der Waals surface area contributed by atoms with Crippen LogP contribution in [0.4, 0.5) is 0 Å². The molecule has 0 rings (SSSR count). The number of carbonyl (C=O) groups excluding carboxylic acids is 3. The first-order chi connectivity index (χ1) is 30.6. The Morgan fingerprint density at radius 2 is 0.556 bits per heavy atom. The Labute approximate surface area is 393 Å². The van der Waals surface area contributed by atoms with E-state index < -0.39 is 6.10 Å². The molecule has 374 valence electrons. The molecule has 0 bridgehead atoms. The molecule has 0 amide bonds. The van der Waals surface area contributed by atoms with E-state index in [1.165, 1.54) is 193 Å². The first-order valence-corrected chi connectivity index (χ1v) is 28.1. The molecule has 0 aliphatic carbocycles. The van der Waals surface area contributed by atoms with Crippen LogP contribution in [0.15, 0.2) is 0 Å². The summed E-state index contributed by atoms with van der Waals surface area (Å²) in [5.41, 5.74) is 0. The van der Waals surface area contributed by atoms with E-state index in [-0.39, 0.29) is 31.1 Å². The molecule has 63 heavy (non-hydrogen) atoms. The summed E-state index contributed by atoms with van der Waals surface area (Å²) in [6.07, 6.45) is 49.6. The molecule has 0 N–H and O–H groups in total. The molecule has 0 aromatic carbocycles. The van der Waals surface area contributed by atoms with Gasteiger partial charge in [0.05, 0.1) is 0 Å². The predicted molar refractivity (Wildman–Crippen MR) is 270 cm³/mol. The second-order valence-electron chi connectivity index (χ2n) is 20.8. The van der Waals surface area contributed by atoms with Crippen LogP contribution in [0.1, 0.15) is 311 Å². The summed E-state index contributed by atoms with van der Waals surface area (Å²) in [6, 6.07) is 0. The van der Waals surface area contributed by atoms with Crippen molar-refractivity contribution in [1.29, 1.82) is 0 Å². The Morgan fingerprint density at radius 3 is 0.825 bits per heavy atom. The summed E-state index contributed by atoms with van der Waals surface area (Å²) in [7, 11) is 0. The van der Waals surface area contributed by atoms with Crippen LogP contribution in [-0.2, 0) is 28.6 Å². The maximum atomic E-state index is 12.8. The molecular formula is C57H110O6. The second-order valence-corrected chi connectivity index (χ2v) is 20.8. The fourth-order valence-electron chi connectivity index (χ4n) is 8.61. The molecule has 0 spiro atoms. The summed E-state index contributed by atoms with van der Waals surface area (Å²) < 4.78 is 16.8. The van der Waals surface area contributed by atoms with E-state index in [1.54, 1.807) is 0 Å². The van der Waals surface area contributed by atoms with Crippen LogP contribution < -0.4 is 0 Å². The Balaban J connectivity index is 4.19. The quantitative estimate of drug-likeness (QED) is 0.0344. The molecule has 0 radical (unpaired) electrons. The average molecular weight is 892 g/mol. The van der Waals surface area contributed by atoms with Crippen LogP contribution in [0.25, 0.3) is 0 Å². The third-order valence-corrected chi connectivity index (χ3v) is 13.3. The molecule has 6 heteroatoms. The third kappa shape index (κ3) is 49.7. The average Bonchev–Trinajstić information content (AvgIpc) is 3.25. The zero-order valence-corrected chi connectivity index (χ0v) is 43.4. The van der Waals surface area contributed by atoms with Crippen molar-refractivity contribution < 1.29 is 28.6 Å². The van der Waals surface area contributed by atoms with Gasteiger partial charge in [-0.05, 0) is 37.0 Å². The highest BCUT2D eigenvalue weighted by atomic mass is 16.6. The van der Waals surface area contributed by atoms with Gasteiger partial charge in [0.1, 0.15) is 13.2 Å². The number of ether oxygens (including phenoxy) is 3. The lowest BCUT2D eigenvalue weighted by molar-refractivity contribution is -0.167. The second kappa shape index (κ2) is 48.3. The van der Waals surface area contributed by atoms with Gasteiger partial charge in [0, 0.05) is 19.3 Å². The maximum Gasteiger partial charge on any atom is 0.306 e. The van der Waals surface area contributed by atoms with E-state index in [9.17, 15) is 14.4 Å². The van der Waals surface area contributed by atoms with Crippen LogP contribution in [-0.4, -0.2) is 37.2 Å². The fourth-order valence-corrected chi connectivity index (χ4v) is 8.61. The van der Waals surface area contributed by atoms with Crippen LogP contribution in [0, 0.1) is 17.8 Å². The molecular weight excluding hydrogens is 781 g/mol. The van der Waals surface area contributed by atoms with Gasteiger partial charge in [-0.1, -0.05) is 273 Å². The molecule has 1 unspecified atom stereocenters. The van der Waals surface area contributed by atoms with Crippen LogP contribution >= 0.6 is 0 Å². The predicted octanol–water partition coefficient (Wildman–Crippen LogP) is 18.3. The monoisotopic (exact) mass is 891 g/mol. The van der Waals surface area contributed by atoms with Gasteiger partial charge in [-0.2, -0.15) is 0 Å². The minimum Gasteiger partial charge on any atom is -0.462 e. The molecule has 0 aliphatic heterocycles. The molecule has 0 aliphatic rings. The molecule has 0 saturated heterocycles. The van der Waals surface area contributed by atoms with E-state index in [0.29, 0.717) is 19.3 Å². The lowest BCUT2D eigenvalue weighted by Crippen LogP contribution is -2.30. The van der Waals surface area contributed by atoms with Gasteiger partial charge in [0.15, 0.2) is 6.10 Å². The third-order valence-electron chi connectivity index (χ3n) is 13.3. The van der Waals surface area contributed by atoms with Crippen molar-refractivity contribution in [1.82, 2.24) is 0 Å². The Kier molecular flexibility index (Phi) is 47.1.